The first-order valence-electron chi connectivity index (χ1n) is 8.38. The zero-order valence-corrected chi connectivity index (χ0v) is 14.3. The normalized spacial score (nSPS) is 16.8. The van der Waals surface area contributed by atoms with E-state index in [4.69, 9.17) is 5.26 Å². The number of anilines is 1. The fraction of sp³-hybridized carbons (Fsp3) is 0.500. The maximum Gasteiger partial charge on any atom is 0.241 e. The van der Waals surface area contributed by atoms with Crippen LogP contribution in [0, 0.1) is 11.3 Å². The summed E-state index contributed by atoms with van der Waals surface area (Å²) in [5.74, 6) is 0.0719. The van der Waals surface area contributed by atoms with Crippen LogP contribution in [0.4, 0.5) is 5.69 Å². The number of amides is 2. The van der Waals surface area contributed by atoms with E-state index in [0.717, 1.165) is 19.5 Å². The van der Waals surface area contributed by atoms with Gasteiger partial charge in [-0.15, -0.1) is 0 Å². The average Bonchev–Trinajstić information content (AvgIpc) is 2.86. The molecule has 2 rings (SSSR count). The Labute approximate surface area is 143 Å². The Morgan fingerprint density at radius 3 is 2.79 bits per heavy atom. The molecule has 1 unspecified atom stereocenters. The largest absolute Gasteiger partial charge is 0.341 e. The molecule has 0 radical (unpaired) electrons. The second-order valence-corrected chi connectivity index (χ2v) is 5.98. The molecule has 1 fully saturated rings. The highest BCUT2D eigenvalue weighted by atomic mass is 16.2. The van der Waals surface area contributed by atoms with Gasteiger partial charge in [0.15, 0.2) is 0 Å². The van der Waals surface area contributed by atoms with Gasteiger partial charge in [-0.05, 0) is 31.5 Å². The van der Waals surface area contributed by atoms with Crippen molar-refractivity contribution in [2.24, 2.45) is 0 Å². The fourth-order valence-electron chi connectivity index (χ4n) is 2.88. The van der Waals surface area contributed by atoms with Crippen LogP contribution in [-0.4, -0.2) is 53.8 Å². The molecule has 1 aliphatic rings. The zero-order valence-electron chi connectivity index (χ0n) is 14.3. The van der Waals surface area contributed by atoms with Crippen molar-refractivity contribution < 1.29 is 9.59 Å². The van der Waals surface area contributed by atoms with E-state index in [-0.39, 0.29) is 17.9 Å². The molecule has 1 aromatic rings. The number of benzene rings is 1. The van der Waals surface area contributed by atoms with E-state index >= 15 is 0 Å². The summed E-state index contributed by atoms with van der Waals surface area (Å²) < 4.78 is 0. The fourth-order valence-corrected chi connectivity index (χ4v) is 2.88. The molecule has 0 aliphatic carbocycles. The summed E-state index contributed by atoms with van der Waals surface area (Å²) in [5, 5.41) is 11.8. The van der Waals surface area contributed by atoms with Crippen molar-refractivity contribution in [2.45, 2.75) is 32.7 Å². The number of nitriles is 1. The molecule has 0 aromatic heterocycles. The summed E-state index contributed by atoms with van der Waals surface area (Å²) in [4.78, 5) is 28.3. The monoisotopic (exact) mass is 328 g/mol. The Hall–Kier alpha value is -2.39. The molecule has 6 heteroatoms. The predicted octanol–water partition coefficient (Wildman–Crippen LogP) is 1.83. The molecule has 0 spiro atoms. The Morgan fingerprint density at radius 2 is 2.08 bits per heavy atom. The summed E-state index contributed by atoms with van der Waals surface area (Å²) in [7, 11) is 0. The van der Waals surface area contributed by atoms with E-state index in [0.29, 0.717) is 30.8 Å². The predicted molar refractivity (Wildman–Crippen MR) is 92.3 cm³/mol. The van der Waals surface area contributed by atoms with Gasteiger partial charge in [0.05, 0.1) is 17.7 Å². The van der Waals surface area contributed by atoms with E-state index < -0.39 is 0 Å². The Balaban J connectivity index is 1.95. The summed E-state index contributed by atoms with van der Waals surface area (Å²) in [6, 6.07) is 8.66. The van der Waals surface area contributed by atoms with Crippen LogP contribution < -0.4 is 5.32 Å². The van der Waals surface area contributed by atoms with E-state index in [9.17, 15) is 9.59 Å². The van der Waals surface area contributed by atoms with Crippen molar-refractivity contribution in [3.63, 3.8) is 0 Å². The van der Waals surface area contributed by atoms with Crippen LogP contribution in [0.1, 0.15) is 32.3 Å². The van der Waals surface area contributed by atoms with Crippen LogP contribution >= 0.6 is 0 Å². The number of nitrogens with one attached hydrogen (secondary N) is 1. The van der Waals surface area contributed by atoms with Gasteiger partial charge in [-0.2, -0.15) is 5.26 Å². The number of rotatable bonds is 4. The lowest BCUT2D eigenvalue weighted by molar-refractivity contribution is -0.130. The van der Waals surface area contributed by atoms with Gasteiger partial charge in [0.25, 0.3) is 0 Å². The first kappa shape index (κ1) is 18.0. The molecule has 2 amide bonds. The molecule has 1 aliphatic heterocycles. The molecular weight excluding hydrogens is 304 g/mol. The third-order valence-electron chi connectivity index (χ3n) is 4.37. The maximum atomic E-state index is 12.5. The van der Waals surface area contributed by atoms with Crippen LogP contribution in [0.15, 0.2) is 24.3 Å². The van der Waals surface area contributed by atoms with Crippen molar-refractivity contribution in [1.29, 1.82) is 5.26 Å². The Morgan fingerprint density at radius 1 is 1.29 bits per heavy atom. The standard InChI is InChI=1S/C18H24N4O2/c1-3-17(23)22-9-5-8-21(10-11-22)14(2)18(24)20-16-7-4-6-15(12-16)13-19/h4,6-7,12,14H,3,5,8-11H2,1-2H3,(H,20,24). The lowest BCUT2D eigenvalue weighted by Gasteiger charge is -2.27. The molecule has 0 bridgehead atoms. The number of nitrogens with zero attached hydrogens (tertiary/aromatic N) is 3. The maximum absolute atomic E-state index is 12.5. The molecule has 1 saturated heterocycles. The van der Waals surface area contributed by atoms with Crippen molar-refractivity contribution in [2.75, 3.05) is 31.5 Å². The minimum absolute atomic E-state index is 0.0969. The Bertz CT molecular complexity index is 638. The average molecular weight is 328 g/mol. The van der Waals surface area contributed by atoms with Crippen molar-refractivity contribution >= 4 is 17.5 Å². The summed E-state index contributed by atoms with van der Waals surface area (Å²) >= 11 is 0. The lowest BCUT2D eigenvalue weighted by atomic mass is 10.2. The molecule has 1 aromatic carbocycles. The van der Waals surface area contributed by atoms with Crippen molar-refractivity contribution in [3.8, 4) is 6.07 Å². The molecule has 1 heterocycles. The minimum Gasteiger partial charge on any atom is -0.341 e. The molecule has 1 N–H and O–H groups in total. The van der Waals surface area contributed by atoms with E-state index in [1.807, 2.05) is 18.7 Å². The first-order chi connectivity index (χ1) is 11.5. The molecule has 6 nitrogen and oxygen atoms in total. The molecule has 128 valence electrons. The van der Waals surface area contributed by atoms with Gasteiger partial charge in [-0.1, -0.05) is 13.0 Å². The van der Waals surface area contributed by atoms with Crippen LogP contribution in [0.2, 0.25) is 0 Å². The van der Waals surface area contributed by atoms with Crippen LogP contribution in [0.5, 0.6) is 0 Å². The Kier molecular flexibility index (Phi) is 6.33. The third kappa shape index (κ3) is 4.56. The molecular formula is C18H24N4O2. The highest BCUT2D eigenvalue weighted by Gasteiger charge is 2.25. The van der Waals surface area contributed by atoms with Gasteiger partial charge in [-0.25, -0.2) is 0 Å². The van der Waals surface area contributed by atoms with Gasteiger partial charge >= 0.3 is 0 Å². The molecule has 0 saturated carbocycles. The van der Waals surface area contributed by atoms with Gasteiger partial charge in [0.1, 0.15) is 0 Å². The van der Waals surface area contributed by atoms with Gasteiger partial charge in [0, 0.05) is 38.3 Å². The first-order valence-corrected chi connectivity index (χ1v) is 8.38. The summed E-state index contributed by atoms with van der Waals surface area (Å²) in [6.45, 7) is 6.64. The summed E-state index contributed by atoms with van der Waals surface area (Å²) in [5.41, 5.74) is 1.15. The van der Waals surface area contributed by atoms with Crippen LogP contribution in [0.25, 0.3) is 0 Å². The molecule has 1 atom stereocenters. The highest BCUT2D eigenvalue weighted by molar-refractivity contribution is 5.94. The van der Waals surface area contributed by atoms with E-state index in [1.54, 1.807) is 24.3 Å². The van der Waals surface area contributed by atoms with E-state index in [1.165, 1.54) is 0 Å². The second-order valence-electron chi connectivity index (χ2n) is 5.98. The van der Waals surface area contributed by atoms with Crippen molar-refractivity contribution in [1.82, 2.24) is 9.80 Å². The SMILES string of the molecule is CCC(=O)N1CCCN(C(C)C(=O)Nc2cccc(C#N)c2)CC1. The number of carbonyl (C=O) groups is 2. The topological polar surface area (TPSA) is 76.4 Å². The highest BCUT2D eigenvalue weighted by Crippen LogP contribution is 2.13. The van der Waals surface area contributed by atoms with Crippen molar-refractivity contribution in [3.05, 3.63) is 29.8 Å². The lowest BCUT2D eigenvalue weighted by Crippen LogP contribution is -2.44. The smallest absolute Gasteiger partial charge is 0.241 e. The van der Waals surface area contributed by atoms with Gasteiger partial charge < -0.3 is 10.2 Å². The number of hydrogen-bond donors (Lipinski definition) is 1. The second kappa shape index (κ2) is 8.46. The van der Waals surface area contributed by atoms with Crippen LogP contribution in [0.3, 0.4) is 0 Å². The number of carbonyl (C=O) groups excluding carboxylic acids is 2. The third-order valence-corrected chi connectivity index (χ3v) is 4.37. The van der Waals surface area contributed by atoms with Crippen LogP contribution in [-0.2, 0) is 9.59 Å². The number of hydrogen-bond acceptors (Lipinski definition) is 4. The zero-order chi connectivity index (χ0) is 17.5. The van der Waals surface area contributed by atoms with E-state index in [2.05, 4.69) is 16.3 Å². The summed E-state index contributed by atoms with van der Waals surface area (Å²) in [6.07, 6.45) is 1.39. The van der Waals surface area contributed by atoms with Gasteiger partial charge in [0.2, 0.25) is 11.8 Å². The van der Waals surface area contributed by atoms with Gasteiger partial charge in [-0.3, -0.25) is 14.5 Å². The molecule has 24 heavy (non-hydrogen) atoms. The quantitative estimate of drug-likeness (QED) is 0.915. The minimum atomic E-state index is -0.285.